The highest BCUT2D eigenvalue weighted by Gasteiger charge is 2.11. The number of carbonyl (C=O) groups is 2. The van der Waals surface area contributed by atoms with Gasteiger partial charge in [0.25, 0.3) is 0 Å². The molecule has 0 saturated carbocycles. The number of rotatable bonds is 5. The van der Waals surface area contributed by atoms with Crippen molar-refractivity contribution >= 4 is 18.0 Å². The van der Waals surface area contributed by atoms with Crippen LogP contribution < -0.4 is 10.1 Å². The summed E-state index contributed by atoms with van der Waals surface area (Å²) in [6, 6.07) is 3.24. The molecule has 102 valence electrons. The minimum atomic E-state index is -1.13. The number of ether oxygens (including phenoxy) is 1. The van der Waals surface area contributed by atoms with Crippen LogP contribution in [0.2, 0.25) is 0 Å². The maximum absolute atomic E-state index is 13.4. The predicted octanol–water partition coefficient (Wildman–Crippen LogP) is 1.44. The molecule has 1 unspecified atom stereocenters. The number of carbonyl (C=O) groups excluding carboxylic acids is 1. The van der Waals surface area contributed by atoms with Crippen LogP contribution in [0.1, 0.15) is 12.5 Å². The zero-order valence-corrected chi connectivity index (χ0v) is 10.5. The lowest BCUT2D eigenvalue weighted by Crippen LogP contribution is -2.37. The second-order valence-corrected chi connectivity index (χ2v) is 3.80. The summed E-state index contributed by atoms with van der Waals surface area (Å²) in [6.45, 7) is 1.35. The summed E-state index contributed by atoms with van der Waals surface area (Å²) in [5.74, 6) is -2.12. The summed E-state index contributed by atoms with van der Waals surface area (Å²) < 4.78 is 18.1. The van der Waals surface area contributed by atoms with Gasteiger partial charge in [-0.15, -0.1) is 0 Å². The van der Waals surface area contributed by atoms with Gasteiger partial charge < -0.3 is 15.2 Å². The molecule has 0 fully saturated rings. The third kappa shape index (κ3) is 4.42. The first-order chi connectivity index (χ1) is 8.93. The number of halogens is 1. The van der Waals surface area contributed by atoms with E-state index in [0.717, 1.165) is 6.08 Å². The number of hydrogen-bond donors (Lipinski definition) is 2. The Hall–Kier alpha value is -2.37. The lowest BCUT2D eigenvalue weighted by Gasteiger charge is -2.06. The Kier molecular flexibility index (Phi) is 5.05. The number of hydrogen-bond acceptors (Lipinski definition) is 3. The van der Waals surface area contributed by atoms with E-state index in [-0.39, 0.29) is 5.75 Å². The Labute approximate surface area is 109 Å². The molecule has 0 aliphatic heterocycles. The van der Waals surface area contributed by atoms with Gasteiger partial charge in [0, 0.05) is 6.08 Å². The van der Waals surface area contributed by atoms with Crippen LogP contribution in [0.3, 0.4) is 0 Å². The van der Waals surface area contributed by atoms with E-state index < -0.39 is 23.7 Å². The number of nitrogens with one attached hydrogen (secondary N) is 1. The largest absolute Gasteiger partial charge is 0.494 e. The highest BCUT2D eigenvalue weighted by molar-refractivity contribution is 5.94. The van der Waals surface area contributed by atoms with Crippen molar-refractivity contribution in [1.82, 2.24) is 5.32 Å². The molecule has 1 atom stereocenters. The molecule has 0 spiro atoms. The monoisotopic (exact) mass is 267 g/mol. The Morgan fingerprint density at radius 1 is 1.47 bits per heavy atom. The molecule has 1 rings (SSSR count). The highest BCUT2D eigenvalue weighted by Crippen LogP contribution is 2.18. The highest BCUT2D eigenvalue weighted by atomic mass is 19.1. The Morgan fingerprint density at radius 3 is 2.68 bits per heavy atom. The number of methoxy groups -OCH3 is 1. The lowest BCUT2D eigenvalue weighted by molar-refractivity contribution is -0.140. The Morgan fingerprint density at radius 2 is 2.16 bits per heavy atom. The molecule has 1 aromatic rings. The fourth-order valence-corrected chi connectivity index (χ4v) is 1.28. The van der Waals surface area contributed by atoms with Crippen molar-refractivity contribution in [3.63, 3.8) is 0 Å². The first-order valence-electron chi connectivity index (χ1n) is 5.49. The van der Waals surface area contributed by atoms with Gasteiger partial charge in [-0.05, 0) is 30.7 Å². The van der Waals surface area contributed by atoms with Gasteiger partial charge in [0.2, 0.25) is 5.91 Å². The van der Waals surface area contributed by atoms with Crippen LogP contribution in [-0.4, -0.2) is 30.1 Å². The molecule has 0 aliphatic rings. The minimum absolute atomic E-state index is 0.112. The number of carboxylic acid groups (broad SMARTS) is 1. The number of carboxylic acids is 1. The van der Waals surface area contributed by atoms with Crippen molar-refractivity contribution in [3.05, 3.63) is 35.7 Å². The van der Waals surface area contributed by atoms with Crippen LogP contribution in [-0.2, 0) is 9.59 Å². The summed E-state index contributed by atoms with van der Waals surface area (Å²) in [7, 11) is 1.36. The van der Waals surface area contributed by atoms with Crippen molar-refractivity contribution in [1.29, 1.82) is 0 Å². The zero-order chi connectivity index (χ0) is 14.4. The van der Waals surface area contributed by atoms with Crippen LogP contribution >= 0.6 is 0 Å². The molecule has 2 N–H and O–H groups in total. The van der Waals surface area contributed by atoms with Gasteiger partial charge in [0.1, 0.15) is 6.04 Å². The maximum Gasteiger partial charge on any atom is 0.325 e. The smallest absolute Gasteiger partial charge is 0.325 e. The van der Waals surface area contributed by atoms with Crippen molar-refractivity contribution in [2.75, 3.05) is 7.11 Å². The molecule has 1 aromatic carbocycles. The topological polar surface area (TPSA) is 75.6 Å². The van der Waals surface area contributed by atoms with Crippen LogP contribution in [0, 0.1) is 5.82 Å². The molecule has 0 saturated heterocycles. The van der Waals surface area contributed by atoms with E-state index in [1.165, 1.54) is 32.2 Å². The summed E-state index contributed by atoms with van der Waals surface area (Å²) in [4.78, 5) is 21.9. The van der Waals surface area contributed by atoms with E-state index in [9.17, 15) is 14.0 Å². The van der Waals surface area contributed by atoms with Gasteiger partial charge in [0.05, 0.1) is 7.11 Å². The van der Waals surface area contributed by atoms with Crippen molar-refractivity contribution in [3.8, 4) is 5.75 Å². The third-order valence-electron chi connectivity index (χ3n) is 2.33. The molecule has 0 radical (unpaired) electrons. The molecule has 0 aliphatic carbocycles. The molecule has 6 heteroatoms. The second kappa shape index (κ2) is 6.53. The van der Waals surface area contributed by atoms with E-state index in [1.54, 1.807) is 6.07 Å². The number of amides is 1. The van der Waals surface area contributed by atoms with Crippen molar-refractivity contribution in [2.45, 2.75) is 13.0 Å². The predicted molar refractivity (Wildman–Crippen MR) is 67.2 cm³/mol. The number of benzene rings is 1. The standard InChI is InChI=1S/C13H14FNO4/c1-8(13(17)18)15-12(16)6-4-9-3-5-11(19-2)10(14)7-9/h3-8H,1-2H3,(H,15,16)(H,17,18)/b6-4+. The molecule has 19 heavy (non-hydrogen) atoms. The first kappa shape index (κ1) is 14.7. The van der Waals surface area contributed by atoms with Gasteiger partial charge in [-0.25, -0.2) is 4.39 Å². The SMILES string of the molecule is COc1ccc(/C=C/C(=O)NC(C)C(=O)O)cc1F. The van der Waals surface area contributed by atoms with Crippen molar-refractivity contribution in [2.24, 2.45) is 0 Å². The Bertz CT molecular complexity index is 513. The fourth-order valence-electron chi connectivity index (χ4n) is 1.28. The second-order valence-electron chi connectivity index (χ2n) is 3.80. The summed E-state index contributed by atoms with van der Waals surface area (Å²) in [6.07, 6.45) is 2.52. The first-order valence-corrected chi connectivity index (χ1v) is 5.49. The van der Waals surface area contributed by atoms with Gasteiger partial charge in [-0.1, -0.05) is 6.07 Å². The molecule has 0 aromatic heterocycles. The van der Waals surface area contributed by atoms with Crippen LogP contribution in [0.15, 0.2) is 24.3 Å². The van der Waals surface area contributed by atoms with E-state index in [1.807, 2.05) is 0 Å². The molecule has 0 heterocycles. The van der Waals surface area contributed by atoms with E-state index >= 15 is 0 Å². The van der Waals surface area contributed by atoms with Gasteiger partial charge in [0.15, 0.2) is 11.6 Å². The van der Waals surface area contributed by atoms with Gasteiger partial charge >= 0.3 is 5.97 Å². The minimum Gasteiger partial charge on any atom is -0.494 e. The normalized spacial score (nSPS) is 12.2. The molecule has 0 bridgehead atoms. The summed E-state index contributed by atoms with van der Waals surface area (Å²) >= 11 is 0. The third-order valence-corrected chi connectivity index (χ3v) is 2.33. The molecule has 1 amide bonds. The van der Waals surface area contributed by atoms with Gasteiger partial charge in [-0.3, -0.25) is 9.59 Å². The van der Waals surface area contributed by atoms with E-state index in [2.05, 4.69) is 5.32 Å². The van der Waals surface area contributed by atoms with Crippen LogP contribution in [0.25, 0.3) is 6.08 Å². The average molecular weight is 267 g/mol. The fraction of sp³-hybridized carbons (Fsp3) is 0.231. The van der Waals surface area contributed by atoms with Crippen molar-refractivity contribution < 1.29 is 23.8 Å². The van der Waals surface area contributed by atoms with E-state index in [4.69, 9.17) is 9.84 Å². The number of aliphatic carboxylic acids is 1. The quantitative estimate of drug-likeness (QED) is 0.791. The lowest BCUT2D eigenvalue weighted by atomic mass is 10.2. The summed E-state index contributed by atoms with van der Waals surface area (Å²) in [5.41, 5.74) is 0.469. The average Bonchev–Trinajstić information content (AvgIpc) is 2.36. The molecular weight excluding hydrogens is 253 g/mol. The van der Waals surface area contributed by atoms with E-state index in [0.29, 0.717) is 5.56 Å². The molecular formula is C13H14FNO4. The Balaban J connectivity index is 2.68. The summed E-state index contributed by atoms with van der Waals surface area (Å²) in [5, 5.41) is 10.9. The zero-order valence-electron chi connectivity index (χ0n) is 10.5. The molecule has 5 nitrogen and oxygen atoms in total. The maximum atomic E-state index is 13.4. The van der Waals surface area contributed by atoms with Crippen LogP contribution in [0.5, 0.6) is 5.75 Å². The van der Waals surface area contributed by atoms with Crippen LogP contribution in [0.4, 0.5) is 4.39 Å². The van der Waals surface area contributed by atoms with Gasteiger partial charge in [-0.2, -0.15) is 0 Å².